The Morgan fingerprint density at radius 1 is 0.438 bits per heavy atom. The van der Waals surface area contributed by atoms with Gasteiger partial charge in [-0.25, -0.2) is 0 Å². The maximum atomic E-state index is 13.6. The first-order valence-corrected chi connectivity index (χ1v) is 35.6. The Labute approximate surface area is 496 Å². The predicted molar refractivity (Wildman–Crippen MR) is 344 cm³/mol. The number of nitrogens with zero attached hydrogens (tertiary/aromatic N) is 1. The highest BCUT2D eigenvalue weighted by Gasteiger charge is 2.27. The third-order valence-corrected chi connectivity index (χ3v) is 16.2. The van der Waals surface area contributed by atoms with E-state index in [2.05, 4.69) is 74.7 Å². The maximum absolute atomic E-state index is 13.6. The van der Waals surface area contributed by atoms with Gasteiger partial charge in [-0.1, -0.05) is 294 Å². The molecule has 1 amide bonds. The molecule has 1 N–H and O–H groups in total. The maximum Gasteiger partial charge on any atom is 0.306 e. The Morgan fingerprint density at radius 2 is 0.762 bits per heavy atom. The van der Waals surface area contributed by atoms with Crippen molar-refractivity contribution in [2.75, 3.05) is 40.9 Å². The summed E-state index contributed by atoms with van der Waals surface area (Å²) in [5.41, 5.74) is 0. The van der Waals surface area contributed by atoms with E-state index in [1.807, 2.05) is 33.3 Å². The summed E-state index contributed by atoms with van der Waals surface area (Å²) in [7, 11) is 1.19. The lowest BCUT2D eigenvalue weighted by atomic mass is 10.0. The summed E-state index contributed by atoms with van der Waals surface area (Å²) in [6, 6.07) is -0.892. The highest BCUT2D eigenvalue weighted by Crippen LogP contribution is 2.38. The van der Waals surface area contributed by atoms with Crippen LogP contribution in [0.25, 0.3) is 0 Å². The summed E-state index contributed by atoms with van der Waals surface area (Å²) in [4.78, 5) is 40.1. The molecule has 468 valence electrons. The first-order chi connectivity index (χ1) is 38.9. The van der Waals surface area contributed by atoms with Crippen molar-refractivity contribution < 1.29 is 37.3 Å². The summed E-state index contributed by atoms with van der Waals surface area (Å²) < 4.78 is 30.4. The second-order valence-electron chi connectivity index (χ2n) is 24.3. The minimum Gasteiger partial charge on any atom is -0.756 e. The molecule has 0 saturated carbocycles. The average Bonchev–Trinajstić information content (AvgIpc) is 3.43. The Kier molecular flexibility index (Phi) is 58.1. The zero-order chi connectivity index (χ0) is 58.6. The molecule has 0 aromatic carbocycles. The number of unbranched alkanes of at least 4 members (excludes halogenated alkanes) is 38. The van der Waals surface area contributed by atoms with Crippen LogP contribution >= 0.6 is 7.82 Å². The van der Waals surface area contributed by atoms with Crippen LogP contribution in [0.5, 0.6) is 0 Å². The smallest absolute Gasteiger partial charge is 0.306 e. The molecule has 0 spiro atoms. The topological polar surface area (TPSA) is 114 Å². The van der Waals surface area contributed by atoms with Crippen LogP contribution in [0.2, 0.25) is 0 Å². The summed E-state index contributed by atoms with van der Waals surface area (Å²) in [5.74, 6) is -0.541. The van der Waals surface area contributed by atoms with Crippen molar-refractivity contribution in [2.24, 2.45) is 0 Å². The molecule has 0 rings (SSSR count). The van der Waals surface area contributed by atoms with Crippen LogP contribution in [0.15, 0.2) is 60.8 Å². The van der Waals surface area contributed by atoms with Crippen LogP contribution in [0.1, 0.15) is 323 Å². The third-order valence-electron chi connectivity index (χ3n) is 15.2. The number of hydrogen-bond acceptors (Lipinski definition) is 7. The summed E-state index contributed by atoms with van der Waals surface area (Å²) in [5, 5.41) is 3.04. The van der Waals surface area contributed by atoms with Crippen LogP contribution < -0.4 is 10.2 Å². The predicted octanol–water partition coefficient (Wildman–Crippen LogP) is 20.8. The number of likely N-dealkylation sites (N-methyl/N-ethyl adjacent to an activating group) is 1. The van der Waals surface area contributed by atoms with Crippen molar-refractivity contribution in [2.45, 2.75) is 335 Å². The molecular formula is C70H131N2O7P. The lowest BCUT2D eigenvalue weighted by Crippen LogP contribution is -2.47. The van der Waals surface area contributed by atoms with Gasteiger partial charge in [0.05, 0.1) is 33.8 Å². The number of carbonyl (C=O) groups excluding carboxylic acids is 2. The zero-order valence-corrected chi connectivity index (χ0v) is 54.4. The van der Waals surface area contributed by atoms with Crippen LogP contribution in [0.3, 0.4) is 0 Å². The van der Waals surface area contributed by atoms with Crippen molar-refractivity contribution in [3.05, 3.63) is 60.8 Å². The minimum atomic E-state index is -4.70. The van der Waals surface area contributed by atoms with Crippen LogP contribution in [-0.4, -0.2) is 69.4 Å². The molecule has 9 nitrogen and oxygen atoms in total. The number of phosphoric acid groups is 1. The molecule has 0 heterocycles. The van der Waals surface area contributed by atoms with Gasteiger partial charge >= 0.3 is 5.97 Å². The fourth-order valence-electron chi connectivity index (χ4n) is 9.92. The monoisotopic (exact) mass is 1140 g/mol. The fourth-order valence-corrected chi connectivity index (χ4v) is 10.6. The van der Waals surface area contributed by atoms with Crippen molar-refractivity contribution in [3.8, 4) is 0 Å². The number of rotatable bonds is 62. The molecule has 0 radical (unpaired) electrons. The van der Waals surface area contributed by atoms with Gasteiger partial charge in [0.1, 0.15) is 19.3 Å². The molecule has 3 atom stereocenters. The Balaban J connectivity index is 5.15. The fraction of sp³-hybridized carbons (Fsp3) is 0.829. The van der Waals surface area contributed by atoms with Gasteiger partial charge in [0, 0.05) is 12.8 Å². The summed E-state index contributed by atoms with van der Waals surface area (Å²) in [6.45, 7) is 6.85. The average molecular weight is 1140 g/mol. The van der Waals surface area contributed by atoms with E-state index in [-0.39, 0.29) is 31.5 Å². The Bertz CT molecular complexity index is 1550. The third kappa shape index (κ3) is 60.3. The lowest BCUT2D eigenvalue weighted by molar-refractivity contribution is -0.870. The lowest BCUT2D eigenvalue weighted by Gasteiger charge is -2.30. The molecule has 0 aliphatic carbocycles. The number of quaternary nitrogens is 1. The number of hydrogen-bond donors (Lipinski definition) is 1. The number of esters is 1. The van der Waals surface area contributed by atoms with Gasteiger partial charge in [-0.05, 0) is 76.7 Å². The molecule has 3 unspecified atom stereocenters. The first-order valence-electron chi connectivity index (χ1n) is 34.1. The summed E-state index contributed by atoms with van der Waals surface area (Å²) >= 11 is 0. The second kappa shape index (κ2) is 59.9. The van der Waals surface area contributed by atoms with Crippen molar-refractivity contribution in [1.29, 1.82) is 0 Å². The number of amides is 1. The van der Waals surface area contributed by atoms with E-state index in [1.165, 1.54) is 199 Å². The molecule has 10 heteroatoms. The van der Waals surface area contributed by atoms with Gasteiger partial charge in [0.2, 0.25) is 5.91 Å². The van der Waals surface area contributed by atoms with E-state index in [0.29, 0.717) is 17.4 Å². The quantitative estimate of drug-likeness (QED) is 0.0212. The number of nitrogens with one attached hydrogen (secondary N) is 1. The van der Waals surface area contributed by atoms with Crippen LogP contribution in [-0.2, 0) is 27.9 Å². The van der Waals surface area contributed by atoms with Gasteiger partial charge in [0.25, 0.3) is 7.82 Å². The zero-order valence-electron chi connectivity index (χ0n) is 53.5. The molecular weight excluding hydrogens is 1010 g/mol. The number of ether oxygens (including phenoxy) is 1. The molecule has 0 aliphatic heterocycles. The highest BCUT2D eigenvalue weighted by atomic mass is 31.2. The van der Waals surface area contributed by atoms with Gasteiger partial charge in [0.15, 0.2) is 0 Å². The van der Waals surface area contributed by atoms with E-state index in [1.54, 1.807) is 0 Å². The molecule has 0 bridgehead atoms. The van der Waals surface area contributed by atoms with E-state index in [0.717, 1.165) is 89.9 Å². The Morgan fingerprint density at radius 3 is 1.16 bits per heavy atom. The summed E-state index contributed by atoms with van der Waals surface area (Å²) in [6.07, 6.45) is 76.2. The van der Waals surface area contributed by atoms with Crippen molar-refractivity contribution in [1.82, 2.24) is 5.32 Å². The molecule has 0 aromatic heterocycles. The normalized spacial score (nSPS) is 13.9. The van der Waals surface area contributed by atoms with Crippen molar-refractivity contribution in [3.63, 3.8) is 0 Å². The van der Waals surface area contributed by atoms with E-state index >= 15 is 0 Å². The molecule has 80 heavy (non-hydrogen) atoms. The first kappa shape index (κ1) is 77.7. The standard InChI is InChI=1S/C70H131N2O7P/c1-7-10-13-16-19-22-25-28-30-32-34-35-36-37-39-41-43-45-48-51-54-57-60-63-70(74)79-68(61-58-55-52-49-46-27-24-21-18-15-12-9-3)67(66-78-80(75,76)77-65-64-72(4,5)6)71-69(73)62-59-56-53-50-47-44-42-40-38-33-31-29-26-23-20-17-14-11-8-2/h19,22,28,30,34-35,37,39,58,61,67-68H,7-18,20-21,23-27,29,31-33,36,38,40-57,59-60,62-66H2,1-6H3,(H-,71,73,75,76)/b22-19-,30-28-,35-34-,39-37-,61-58+. The van der Waals surface area contributed by atoms with Gasteiger partial charge in [-0.3, -0.25) is 14.2 Å². The molecule has 0 aromatic rings. The second-order valence-corrected chi connectivity index (χ2v) is 25.7. The van der Waals surface area contributed by atoms with Gasteiger partial charge in [-0.15, -0.1) is 0 Å². The van der Waals surface area contributed by atoms with E-state index < -0.39 is 20.0 Å². The van der Waals surface area contributed by atoms with Gasteiger partial charge in [-0.2, -0.15) is 0 Å². The van der Waals surface area contributed by atoms with E-state index in [9.17, 15) is 19.0 Å². The van der Waals surface area contributed by atoms with Crippen molar-refractivity contribution >= 4 is 19.7 Å². The number of carbonyl (C=O) groups is 2. The SMILES string of the molecule is CCCCC/C=C\C/C=C\C/C=C\C/C=C\CCCCCCCCCC(=O)OC(/C=C/CCCCCCCCCCCC)C(COP(=O)([O-])OCC[N+](C)(C)C)NC(=O)CCCCCCCCCCCCCCCCCCCCC. The molecule has 0 saturated heterocycles. The Hall–Kier alpha value is -2.29. The number of phosphoric ester groups is 1. The molecule has 0 aliphatic rings. The highest BCUT2D eigenvalue weighted by molar-refractivity contribution is 7.45. The van der Waals surface area contributed by atoms with E-state index in [4.69, 9.17) is 13.8 Å². The largest absolute Gasteiger partial charge is 0.756 e. The van der Waals surface area contributed by atoms with Crippen LogP contribution in [0, 0.1) is 0 Å². The number of allylic oxidation sites excluding steroid dienone is 9. The molecule has 0 fully saturated rings. The van der Waals surface area contributed by atoms with Gasteiger partial charge < -0.3 is 28.5 Å². The minimum absolute atomic E-state index is 0.0238. The van der Waals surface area contributed by atoms with Crippen LogP contribution in [0.4, 0.5) is 0 Å².